The summed E-state index contributed by atoms with van der Waals surface area (Å²) >= 11 is 0. The molecule has 0 heterocycles. The van der Waals surface area contributed by atoms with Crippen molar-refractivity contribution in [3.8, 4) is 0 Å². The number of benzene rings is 1. The number of rotatable bonds is 4. The molecule has 0 aliphatic carbocycles. The van der Waals surface area contributed by atoms with E-state index >= 15 is 0 Å². The van der Waals surface area contributed by atoms with Crippen LogP contribution in [0.2, 0.25) is 0 Å². The van der Waals surface area contributed by atoms with Gasteiger partial charge in [0.05, 0.1) is 0 Å². The Balaban J connectivity index is 2.69. The maximum Gasteiger partial charge on any atom is 0.222 e. The van der Waals surface area contributed by atoms with E-state index in [-0.39, 0.29) is 11.8 Å². The molecule has 0 unspecified atom stereocenters. The summed E-state index contributed by atoms with van der Waals surface area (Å²) in [5.41, 5.74) is 6.82. The minimum absolute atomic E-state index is 0.120. The van der Waals surface area contributed by atoms with Crippen LogP contribution in [0.3, 0.4) is 0 Å². The van der Waals surface area contributed by atoms with Gasteiger partial charge in [0.25, 0.3) is 0 Å². The third-order valence-corrected chi connectivity index (χ3v) is 2.48. The Hall–Kier alpha value is -1.35. The van der Waals surface area contributed by atoms with Gasteiger partial charge < -0.3 is 10.6 Å². The molecule has 0 radical (unpaired) electrons. The van der Waals surface area contributed by atoms with Crippen molar-refractivity contribution in [1.29, 1.82) is 0 Å². The number of nitrogens with two attached hydrogens (primary N) is 1. The molecular weight excluding hydrogens is 188 g/mol. The highest BCUT2D eigenvalue weighted by Gasteiger charge is 2.15. The van der Waals surface area contributed by atoms with Crippen LogP contribution in [0.15, 0.2) is 30.3 Å². The first-order chi connectivity index (χ1) is 7.15. The Bertz CT molecular complexity index is 309. The van der Waals surface area contributed by atoms with Crippen LogP contribution in [-0.4, -0.2) is 31.4 Å². The van der Waals surface area contributed by atoms with E-state index in [1.807, 2.05) is 30.3 Å². The lowest BCUT2D eigenvalue weighted by atomic mass is 9.95. The number of hydrogen-bond donors (Lipinski definition) is 1. The van der Waals surface area contributed by atoms with Crippen molar-refractivity contribution in [3.05, 3.63) is 35.9 Å². The third kappa shape index (κ3) is 3.36. The van der Waals surface area contributed by atoms with E-state index in [0.29, 0.717) is 13.0 Å². The van der Waals surface area contributed by atoms with Crippen molar-refractivity contribution < 1.29 is 4.79 Å². The van der Waals surface area contributed by atoms with E-state index in [0.717, 1.165) is 5.56 Å². The second kappa shape index (κ2) is 5.51. The smallest absolute Gasteiger partial charge is 0.222 e. The first-order valence-electron chi connectivity index (χ1n) is 5.10. The van der Waals surface area contributed by atoms with Gasteiger partial charge in [0, 0.05) is 26.4 Å². The molecule has 1 rings (SSSR count). The number of amides is 1. The van der Waals surface area contributed by atoms with Crippen molar-refractivity contribution in [1.82, 2.24) is 4.90 Å². The number of hydrogen-bond acceptors (Lipinski definition) is 2. The average Bonchev–Trinajstić information content (AvgIpc) is 2.26. The lowest BCUT2D eigenvalue weighted by Gasteiger charge is -2.17. The first kappa shape index (κ1) is 11.7. The van der Waals surface area contributed by atoms with Gasteiger partial charge in [-0.25, -0.2) is 0 Å². The molecule has 15 heavy (non-hydrogen) atoms. The molecule has 1 atom stereocenters. The fraction of sp³-hybridized carbons (Fsp3) is 0.417. The van der Waals surface area contributed by atoms with Gasteiger partial charge in [0.15, 0.2) is 0 Å². The van der Waals surface area contributed by atoms with Crippen molar-refractivity contribution in [2.75, 3.05) is 20.6 Å². The van der Waals surface area contributed by atoms with Crippen LogP contribution in [0.5, 0.6) is 0 Å². The van der Waals surface area contributed by atoms with Crippen molar-refractivity contribution in [2.24, 2.45) is 5.73 Å². The predicted molar refractivity (Wildman–Crippen MR) is 61.5 cm³/mol. The molecule has 1 aromatic carbocycles. The predicted octanol–water partition coefficient (Wildman–Crippen LogP) is 1.21. The van der Waals surface area contributed by atoms with Gasteiger partial charge in [-0.3, -0.25) is 4.79 Å². The lowest BCUT2D eigenvalue weighted by molar-refractivity contribution is -0.129. The fourth-order valence-corrected chi connectivity index (χ4v) is 1.46. The summed E-state index contributed by atoms with van der Waals surface area (Å²) in [5, 5.41) is 0. The standard InChI is InChI=1S/C12H18N2O/c1-14(2)12(15)8-11(9-13)10-6-4-3-5-7-10/h3-7,11H,8-9,13H2,1-2H3/t11-/m1/s1. The normalized spacial score (nSPS) is 12.2. The molecule has 0 aliphatic heterocycles. The molecular formula is C12H18N2O. The molecule has 0 spiro atoms. The summed E-state index contributed by atoms with van der Waals surface area (Å²) in [7, 11) is 3.53. The highest BCUT2D eigenvalue weighted by Crippen LogP contribution is 2.18. The highest BCUT2D eigenvalue weighted by atomic mass is 16.2. The van der Waals surface area contributed by atoms with Crippen LogP contribution >= 0.6 is 0 Å². The summed E-state index contributed by atoms with van der Waals surface area (Å²) < 4.78 is 0. The van der Waals surface area contributed by atoms with Gasteiger partial charge in [-0.2, -0.15) is 0 Å². The Morgan fingerprint density at radius 1 is 1.33 bits per heavy atom. The summed E-state index contributed by atoms with van der Waals surface area (Å²) in [6.45, 7) is 0.504. The quantitative estimate of drug-likeness (QED) is 0.804. The Morgan fingerprint density at radius 3 is 2.40 bits per heavy atom. The fourth-order valence-electron chi connectivity index (χ4n) is 1.46. The van der Waals surface area contributed by atoms with Gasteiger partial charge in [0.1, 0.15) is 0 Å². The van der Waals surface area contributed by atoms with E-state index in [2.05, 4.69) is 0 Å². The lowest BCUT2D eigenvalue weighted by Crippen LogP contribution is -2.26. The molecule has 0 saturated heterocycles. The zero-order chi connectivity index (χ0) is 11.3. The number of carbonyl (C=O) groups is 1. The van der Waals surface area contributed by atoms with E-state index in [1.54, 1.807) is 19.0 Å². The zero-order valence-corrected chi connectivity index (χ0v) is 9.31. The van der Waals surface area contributed by atoms with Crippen LogP contribution in [-0.2, 0) is 4.79 Å². The monoisotopic (exact) mass is 206 g/mol. The molecule has 2 N–H and O–H groups in total. The molecule has 0 fully saturated rings. The second-order valence-electron chi connectivity index (χ2n) is 3.84. The highest BCUT2D eigenvalue weighted by molar-refractivity contribution is 5.76. The molecule has 3 nitrogen and oxygen atoms in total. The van der Waals surface area contributed by atoms with Crippen molar-refractivity contribution in [3.63, 3.8) is 0 Å². The zero-order valence-electron chi connectivity index (χ0n) is 9.31. The summed E-state index contributed by atoms with van der Waals surface area (Å²) in [6, 6.07) is 9.93. The van der Waals surface area contributed by atoms with Gasteiger partial charge >= 0.3 is 0 Å². The minimum Gasteiger partial charge on any atom is -0.349 e. The topological polar surface area (TPSA) is 46.3 Å². The van der Waals surface area contributed by atoms with E-state index in [4.69, 9.17) is 5.73 Å². The van der Waals surface area contributed by atoms with Gasteiger partial charge in [-0.1, -0.05) is 30.3 Å². The average molecular weight is 206 g/mol. The van der Waals surface area contributed by atoms with Crippen molar-refractivity contribution >= 4 is 5.91 Å². The molecule has 0 bridgehead atoms. The molecule has 0 saturated carbocycles. The van der Waals surface area contributed by atoms with E-state index in [1.165, 1.54) is 0 Å². The molecule has 1 amide bonds. The Labute approximate surface area is 90.9 Å². The molecule has 0 aliphatic rings. The van der Waals surface area contributed by atoms with Crippen LogP contribution in [0.25, 0.3) is 0 Å². The largest absolute Gasteiger partial charge is 0.349 e. The minimum atomic E-state index is 0.120. The van der Waals surface area contributed by atoms with Gasteiger partial charge in [0.2, 0.25) is 5.91 Å². The number of nitrogens with zero attached hydrogens (tertiary/aromatic N) is 1. The summed E-state index contributed by atoms with van der Waals surface area (Å²) in [5.74, 6) is 0.246. The van der Waals surface area contributed by atoms with Crippen LogP contribution < -0.4 is 5.73 Å². The SMILES string of the molecule is CN(C)C(=O)C[C@H](CN)c1ccccc1. The molecule has 0 aromatic heterocycles. The maximum atomic E-state index is 11.6. The van der Waals surface area contributed by atoms with Gasteiger partial charge in [-0.15, -0.1) is 0 Å². The van der Waals surface area contributed by atoms with Crippen molar-refractivity contribution in [2.45, 2.75) is 12.3 Å². The number of carbonyl (C=O) groups excluding carboxylic acids is 1. The summed E-state index contributed by atoms with van der Waals surface area (Å²) in [6.07, 6.45) is 0.480. The molecule has 82 valence electrons. The van der Waals surface area contributed by atoms with Crippen LogP contribution in [0.1, 0.15) is 17.9 Å². The Morgan fingerprint density at radius 2 is 1.93 bits per heavy atom. The molecule has 1 aromatic rings. The molecule has 3 heteroatoms. The second-order valence-corrected chi connectivity index (χ2v) is 3.84. The van der Waals surface area contributed by atoms with Crippen LogP contribution in [0.4, 0.5) is 0 Å². The summed E-state index contributed by atoms with van der Waals surface area (Å²) in [4.78, 5) is 13.2. The first-order valence-corrected chi connectivity index (χ1v) is 5.10. The Kier molecular flexibility index (Phi) is 4.31. The van der Waals surface area contributed by atoms with Gasteiger partial charge in [-0.05, 0) is 12.1 Å². The van der Waals surface area contributed by atoms with E-state index in [9.17, 15) is 4.79 Å². The maximum absolute atomic E-state index is 11.6. The van der Waals surface area contributed by atoms with Crippen LogP contribution in [0, 0.1) is 0 Å². The third-order valence-electron chi connectivity index (χ3n) is 2.48. The van der Waals surface area contributed by atoms with E-state index < -0.39 is 0 Å².